The first kappa shape index (κ1) is 16.0. The first-order valence-electron chi connectivity index (χ1n) is 6.58. The fourth-order valence-electron chi connectivity index (χ4n) is 2.11. The van der Waals surface area contributed by atoms with Gasteiger partial charge in [-0.2, -0.15) is 0 Å². The van der Waals surface area contributed by atoms with Crippen molar-refractivity contribution in [3.8, 4) is 5.75 Å². The van der Waals surface area contributed by atoms with Crippen LogP contribution < -0.4 is 4.74 Å². The van der Waals surface area contributed by atoms with E-state index in [4.69, 9.17) is 4.74 Å². The van der Waals surface area contributed by atoms with E-state index in [9.17, 15) is 8.78 Å². The molecule has 1 aliphatic heterocycles. The molecular formula is C16H16F2INO. The molecule has 0 unspecified atom stereocenters. The molecule has 0 saturated heterocycles. The maximum Gasteiger partial charge on any atom is 0.272 e. The van der Waals surface area contributed by atoms with Gasteiger partial charge in [-0.15, -0.1) is 0 Å². The molecule has 0 atom stereocenters. The maximum absolute atomic E-state index is 12.1. The zero-order chi connectivity index (χ0) is 15.4. The minimum atomic E-state index is -2.46. The Morgan fingerprint density at radius 3 is 2.48 bits per heavy atom. The van der Waals surface area contributed by atoms with Crippen molar-refractivity contribution in [3.05, 3.63) is 57.8 Å². The minimum Gasteiger partial charge on any atom is -0.488 e. The van der Waals surface area contributed by atoms with Crippen molar-refractivity contribution in [2.24, 2.45) is 0 Å². The van der Waals surface area contributed by atoms with E-state index in [0.717, 1.165) is 27.1 Å². The Bertz CT molecular complexity index is 578. The standard InChI is InChI=1S/C16H16F2INO/c1-3-20-11(2)14(19)8-9-15(20)12-4-6-13(7-5-12)21-10-16(17)18/h4-9,16H,2-3,10H2,1H3. The number of allylic oxidation sites excluding steroid dienone is 3. The van der Waals surface area contributed by atoms with Crippen LogP contribution in [0.2, 0.25) is 0 Å². The normalized spacial score (nSPS) is 15.1. The smallest absolute Gasteiger partial charge is 0.272 e. The molecule has 0 saturated carbocycles. The van der Waals surface area contributed by atoms with Gasteiger partial charge >= 0.3 is 0 Å². The number of rotatable bonds is 5. The second kappa shape index (κ2) is 7.06. The molecular weight excluding hydrogens is 387 g/mol. The van der Waals surface area contributed by atoms with Crippen molar-refractivity contribution < 1.29 is 13.5 Å². The fraction of sp³-hybridized carbons (Fsp3) is 0.250. The molecule has 0 fully saturated rings. The highest BCUT2D eigenvalue weighted by molar-refractivity contribution is 14.1. The summed E-state index contributed by atoms with van der Waals surface area (Å²) in [6.07, 6.45) is 1.59. The Morgan fingerprint density at radius 2 is 1.90 bits per heavy atom. The summed E-state index contributed by atoms with van der Waals surface area (Å²) in [5.41, 5.74) is 3.01. The van der Waals surface area contributed by atoms with E-state index < -0.39 is 13.0 Å². The van der Waals surface area contributed by atoms with Crippen LogP contribution in [0.4, 0.5) is 8.78 Å². The second-order valence-electron chi connectivity index (χ2n) is 4.48. The topological polar surface area (TPSA) is 12.5 Å². The van der Waals surface area contributed by atoms with Gasteiger partial charge in [0.2, 0.25) is 0 Å². The quantitative estimate of drug-likeness (QED) is 0.653. The van der Waals surface area contributed by atoms with E-state index in [2.05, 4.69) is 41.0 Å². The van der Waals surface area contributed by atoms with Crippen LogP contribution in [0.3, 0.4) is 0 Å². The molecule has 0 aromatic heterocycles. The molecule has 21 heavy (non-hydrogen) atoms. The zero-order valence-electron chi connectivity index (χ0n) is 11.7. The van der Waals surface area contributed by atoms with E-state index >= 15 is 0 Å². The van der Waals surface area contributed by atoms with Gasteiger partial charge in [0.15, 0.2) is 0 Å². The number of benzene rings is 1. The van der Waals surface area contributed by atoms with Crippen LogP contribution in [0.5, 0.6) is 5.75 Å². The number of ether oxygens (including phenoxy) is 1. The molecule has 5 heteroatoms. The highest BCUT2D eigenvalue weighted by Gasteiger charge is 2.18. The average molecular weight is 403 g/mol. The number of nitrogens with zero attached hydrogens (tertiary/aromatic N) is 1. The van der Waals surface area contributed by atoms with Crippen molar-refractivity contribution >= 4 is 28.3 Å². The molecule has 2 nitrogen and oxygen atoms in total. The summed E-state index contributed by atoms with van der Waals surface area (Å²) in [5.74, 6) is 0.447. The molecule has 0 amide bonds. The first-order valence-corrected chi connectivity index (χ1v) is 7.66. The van der Waals surface area contributed by atoms with Gasteiger partial charge in [0.05, 0.1) is 0 Å². The van der Waals surface area contributed by atoms with Crippen molar-refractivity contribution in [2.45, 2.75) is 13.3 Å². The van der Waals surface area contributed by atoms with E-state index in [1.54, 1.807) is 12.1 Å². The fourth-order valence-corrected chi connectivity index (χ4v) is 2.58. The van der Waals surface area contributed by atoms with Gasteiger partial charge in [0, 0.05) is 21.5 Å². The van der Waals surface area contributed by atoms with Crippen LogP contribution in [0.1, 0.15) is 12.5 Å². The van der Waals surface area contributed by atoms with Crippen molar-refractivity contribution in [1.82, 2.24) is 4.90 Å². The third-order valence-electron chi connectivity index (χ3n) is 3.12. The van der Waals surface area contributed by atoms with Gasteiger partial charge < -0.3 is 9.64 Å². The number of hydrogen-bond donors (Lipinski definition) is 0. The molecule has 0 radical (unpaired) electrons. The number of likely N-dealkylation sites (N-methyl/N-ethyl adjacent to an activating group) is 1. The van der Waals surface area contributed by atoms with Gasteiger partial charge in [0.1, 0.15) is 12.4 Å². The third kappa shape index (κ3) is 3.84. The van der Waals surface area contributed by atoms with Gasteiger partial charge in [-0.05, 0) is 71.5 Å². The zero-order valence-corrected chi connectivity index (χ0v) is 13.8. The minimum absolute atomic E-state index is 0.447. The molecule has 1 heterocycles. The van der Waals surface area contributed by atoms with Crippen LogP contribution in [0, 0.1) is 0 Å². The highest BCUT2D eigenvalue weighted by atomic mass is 127. The van der Waals surface area contributed by atoms with Crippen LogP contribution in [0.25, 0.3) is 5.70 Å². The predicted octanol–water partition coefficient (Wildman–Crippen LogP) is 4.84. The molecule has 1 aromatic carbocycles. The Labute approximate surface area is 136 Å². The number of halogens is 3. The van der Waals surface area contributed by atoms with Crippen molar-refractivity contribution in [2.75, 3.05) is 13.2 Å². The van der Waals surface area contributed by atoms with Gasteiger partial charge in [-0.1, -0.05) is 6.58 Å². The molecule has 0 aliphatic carbocycles. The van der Waals surface area contributed by atoms with Crippen LogP contribution in [-0.2, 0) is 0 Å². The Morgan fingerprint density at radius 1 is 1.24 bits per heavy atom. The Balaban J connectivity index is 2.19. The van der Waals surface area contributed by atoms with Gasteiger partial charge in [0.25, 0.3) is 6.43 Å². The second-order valence-corrected chi connectivity index (χ2v) is 5.65. The number of alkyl halides is 2. The summed E-state index contributed by atoms with van der Waals surface area (Å²) in [6, 6.07) is 7.15. The monoisotopic (exact) mass is 403 g/mol. The summed E-state index contributed by atoms with van der Waals surface area (Å²) in [7, 11) is 0. The van der Waals surface area contributed by atoms with Crippen LogP contribution in [0.15, 0.2) is 52.3 Å². The van der Waals surface area contributed by atoms with E-state index in [0.29, 0.717) is 5.75 Å². The lowest BCUT2D eigenvalue weighted by atomic mass is 10.1. The Hall–Kier alpha value is -1.37. The molecule has 112 valence electrons. The summed E-state index contributed by atoms with van der Waals surface area (Å²) in [6.45, 7) is 6.39. The lowest BCUT2D eigenvalue weighted by molar-refractivity contribution is 0.0819. The lowest BCUT2D eigenvalue weighted by Gasteiger charge is -2.30. The summed E-state index contributed by atoms with van der Waals surface area (Å²) in [4.78, 5) is 2.12. The average Bonchev–Trinajstić information content (AvgIpc) is 2.48. The van der Waals surface area contributed by atoms with E-state index in [1.807, 2.05) is 24.3 Å². The van der Waals surface area contributed by atoms with E-state index in [1.165, 1.54) is 0 Å². The molecule has 0 spiro atoms. The summed E-state index contributed by atoms with van der Waals surface area (Å²) < 4.78 is 30.3. The van der Waals surface area contributed by atoms with Crippen molar-refractivity contribution in [3.63, 3.8) is 0 Å². The molecule has 1 aliphatic rings. The predicted molar refractivity (Wildman–Crippen MR) is 89.5 cm³/mol. The van der Waals surface area contributed by atoms with E-state index in [-0.39, 0.29) is 0 Å². The molecule has 0 N–H and O–H groups in total. The molecule has 1 aromatic rings. The lowest BCUT2D eigenvalue weighted by Crippen LogP contribution is -2.22. The highest BCUT2D eigenvalue weighted by Crippen LogP contribution is 2.33. The number of hydrogen-bond acceptors (Lipinski definition) is 2. The SMILES string of the molecule is C=C1C(I)=CC=C(c2ccc(OCC(F)F)cc2)N1CC. The summed E-state index contributed by atoms with van der Waals surface area (Å²) in [5, 5.41) is 0. The van der Waals surface area contributed by atoms with Crippen molar-refractivity contribution in [1.29, 1.82) is 0 Å². The van der Waals surface area contributed by atoms with Crippen LogP contribution >= 0.6 is 22.6 Å². The third-order valence-corrected chi connectivity index (χ3v) is 4.10. The molecule has 2 rings (SSSR count). The molecule has 0 bridgehead atoms. The Kier molecular flexibility index (Phi) is 5.39. The summed E-state index contributed by atoms with van der Waals surface area (Å²) >= 11 is 2.26. The van der Waals surface area contributed by atoms with Gasteiger partial charge in [-0.3, -0.25) is 0 Å². The largest absolute Gasteiger partial charge is 0.488 e. The van der Waals surface area contributed by atoms with Gasteiger partial charge in [-0.25, -0.2) is 8.78 Å². The maximum atomic E-state index is 12.1. The first-order chi connectivity index (χ1) is 10.0. The van der Waals surface area contributed by atoms with Crippen LogP contribution in [-0.4, -0.2) is 24.5 Å².